The lowest BCUT2D eigenvalue weighted by molar-refractivity contribution is -0.318. The van der Waals surface area contributed by atoms with Crippen LogP contribution in [0, 0.1) is 23.7 Å². The van der Waals surface area contributed by atoms with Crippen LogP contribution in [0.25, 0.3) is 0 Å². The summed E-state index contributed by atoms with van der Waals surface area (Å²) in [6, 6.07) is 0. The minimum absolute atomic E-state index is 0.0317. The van der Waals surface area contributed by atoms with Crippen molar-refractivity contribution in [1.29, 1.82) is 0 Å². The van der Waals surface area contributed by atoms with Crippen LogP contribution in [0.2, 0.25) is 0 Å². The number of carbonyl (C=O) groups is 1. The summed E-state index contributed by atoms with van der Waals surface area (Å²) in [6.45, 7) is 16.1. The van der Waals surface area contributed by atoms with E-state index in [9.17, 15) is 20.1 Å². The van der Waals surface area contributed by atoms with E-state index < -0.39 is 90.8 Å². The Kier molecular flexibility index (Phi) is 15.1. The van der Waals surface area contributed by atoms with Crippen LogP contribution in [0.15, 0.2) is 59.3 Å². The van der Waals surface area contributed by atoms with Crippen molar-refractivity contribution in [2.45, 2.75) is 191 Å². The molecule has 4 fully saturated rings. The van der Waals surface area contributed by atoms with Crippen molar-refractivity contribution in [3.63, 3.8) is 0 Å². The van der Waals surface area contributed by atoms with Gasteiger partial charge in [0, 0.05) is 51.7 Å². The molecule has 0 aromatic heterocycles. The van der Waals surface area contributed by atoms with Crippen molar-refractivity contribution in [3.05, 3.63) is 59.3 Å². The maximum atomic E-state index is 14.3. The van der Waals surface area contributed by atoms with Crippen LogP contribution in [-0.2, 0) is 52.2 Å². The average Bonchev–Trinajstić information content (AvgIpc) is 3.58. The van der Waals surface area contributed by atoms with Crippen molar-refractivity contribution >= 4 is 5.97 Å². The molecule has 6 aliphatic heterocycles. The monoisotopic (exact) mass is 872 g/mol. The van der Waals surface area contributed by atoms with Crippen LogP contribution < -0.4 is 0 Å². The third-order valence-corrected chi connectivity index (χ3v) is 14.5. The molecule has 0 aromatic rings. The van der Waals surface area contributed by atoms with Crippen LogP contribution in [0.5, 0.6) is 0 Å². The topological polar surface area (TPSA) is 170 Å². The second-order valence-electron chi connectivity index (χ2n) is 19.0. The van der Waals surface area contributed by atoms with Gasteiger partial charge in [0.15, 0.2) is 18.4 Å². The fourth-order valence-electron chi connectivity index (χ4n) is 10.6. The number of carbonyl (C=O) groups excluding carboxylic acids is 1. The molecule has 6 heterocycles. The average molecular weight is 873 g/mol. The summed E-state index contributed by atoms with van der Waals surface area (Å²) in [6.07, 6.45) is 8.55. The van der Waals surface area contributed by atoms with Gasteiger partial charge >= 0.3 is 5.97 Å². The first-order valence-electron chi connectivity index (χ1n) is 22.9. The largest absolute Gasteiger partial charge is 0.462 e. The molecule has 62 heavy (non-hydrogen) atoms. The van der Waals surface area contributed by atoms with Gasteiger partial charge in [-0.1, -0.05) is 70.6 Å². The summed E-state index contributed by atoms with van der Waals surface area (Å²) in [7, 11) is 3.22. The van der Waals surface area contributed by atoms with E-state index in [0.717, 1.165) is 12.0 Å². The molecule has 7 rings (SSSR count). The Morgan fingerprint density at radius 3 is 2.32 bits per heavy atom. The predicted molar refractivity (Wildman–Crippen MR) is 227 cm³/mol. The van der Waals surface area contributed by atoms with E-state index in [2.05, 4.69) is 39.8 Å². The summed E-state index contributed by atoms with van der Waals surface area (Å²) in [5, 5.41) is 34.2. The molecule has 3 N–H and O–H groups in total. The zero-order valence-electron chi connectivity index (χ0n) is 38.2. The maximum Gasteiger partial charge on any atom is 0.316 e. The van der Waals surface area contributed by atoms with Gasteiger partial charge in [0.2, 0.25) is 0 Å². The number of methoxy groups -OCH3 is 2. The number of fused-ring (bicyclic) bond motifs is 2. The zero-order valence-corrected chi connectivity index (χ0v) is 38.2. The molecule has 20 atom stereocenters. The van der Waals surface area contributed by atoms with Crippen LogP contribution in [-0.4, -0.2) is 139 Å². The van der Waals surface area contributed by atoms with Crippen LogP contribution in [0.1, 0.15) is 93.9 Å². The van der Waals surface area contributed by atoms with E-state index >= 15 is 0 Å². The van der Waals surface area contributed by atoms with Crippen LogP contribution in [0.4, 0.5) is 0 Å². The molecular formula is C48H72O14. The smallest absolute Gasteiger partial charge is 0.316 e. The van der Waals surface area contributed by atoms with Gasteiger partial charge in [0.1, 0.15) is 42.0 Å². The third kappa shape index (κ3) is 9.64. The summed E-state index contributed by atoms with van der Waals surface area (Å²) < 4.78 is 63.7. The Balaban J connectivity index is 1.18. The Labute approximate surface area is 367 Å². The van der Waals surface area contributed by atoms with Crippen molar-refractivity contribution in [2.24, 2.45) is 23.7 Å². The lowest BCUT2D eigenvalue weighted by Gasteiger charge is -2.48. The summed E-state index contributed by atoms with van der Waals surface area (Å²) in [4.78, 5) is 14.3. The van der Waals surface area contributed by atoms with Crippen molar-refractivity contribution in [2.75, 3.05) is 20.8 Å². The number of aliphatic hydroxyl groups excluding tert-OH is 2. The molecular weight excluding hydrogens is 801 g/mol. The normalized spacial score (nSPS) is 49.1. The first-order chi connectivity index (χ1) is 29.5. The minimum Gasteiger partial charge on any atom is -0.462 e. The first-order valence-corrected chi connectivity index (χ1v) is 22.9. The molecule has 1 unspecified atom stereocenters. The quantitative estimate of drug-likeness (QED) is 0.210. The molecule has 4 saturated heterocycles. The minimum atomic E-state index is -1.84. The SMILES string of the molecule is CC[C@H](C)[C@H]1O[C@]2(C=C[C@@H]1C)C[C@@H]1C[C@@H](C/C=C(\C)[C@@H](O[C@H]3C[C@H](OC)[C@@H](O[C@H]4C[C@H](OC)[C@@H](O)[C@H](C)O4)[C@H](C)O3)[C@@H](C)/C=C/C=C3\COC4[C@H](O)C(C)=C[C@@H](C(=O)O1)[C@]34O)O2. The predicted octanol–water partition coefficient (Wildman–Crippen LogP) is 5.38. The molecule has 1 spiro atoms. The molecule has 14 heteroatoms. The Morgan fingerprint density at radius 2 is 1.60 bits per heavy atom. The number of rotatable bonds is 8. The number of allylic oxidation sites excluding steroid dienone is 2. The van der Waals surface area contributed by atoms with Crippen LogP contribution in [0.3, 0.4) is 0 Å². The molecule has 7 aliphatic rings. The first kappa shape index (κ1) is 47.6. The second kappa shape index (κ2) is 19.7. The number of ether oxygens (including phenoxy) is 10. The number of aliphatic hydroxyl groups is 3. The van der Waals surface area contributed by atoms with Gasteiger partial charge in [-0.3, -0.25) is 4.79 Å². The van der Waals surface area contributed by atoms with Gasteiger partial charge in [-0.25, -0.2) is 0 Å². The molecule has 0 saturated carbocycles. The number of hydrogen-bond acceptors (Lipinski definition) is 14. The molecule has 2 bridgehead atoms. The van der Waals surface area contributed by atoms with E-state index in [4.69, 9.17) is 47.4 Å². The van der Waals surface area contributed by atoms with Crippen LogP contribution >= 0.6 is 0 Å². The Morgan fingerprint density at radius 1 is 0.887 bits per heavy atom. The molecule has 14 nitrogen and oxygen atoms in total. The van der Waals surface area contributed by atoms with Gasteiger partial charge in [-0.05, 0) is 62.8 Å². The Hall–Kier alpha value is -2.31. The fourth-order valence-corrected chi connectivity index (χ4v) is 10.6. The van der Waals surface area contributed by atoms with Gasteiger partial charge in [-0.2, -0.15) is 0 Å². The van der Waals surface area contributed by atoms with E-state index in [0.29, 0.717) is 43.3 Å². The molecule has 0 aromatic carbocycles. The lowest BCUT2D eigenvalue weighted by atomic mass is 9.71. The zero-order chi connectivity index (χ0) is 44.7. The summed E-state index contributed by atoms with van der Waals surface area (Å²) >= 11 is 0. The molecule has 0 amide bonds. The second-order valence-corrected chi connectivity index (χ2v) is 19.0. The van der Waals surface area contributed by atoms with Gasteiger partial charge in [0.05, 0.1) is 49.3 Å². The highest BCUT2D eigenvalue weighted by Gasteiger charge is 2.60. The number of esters is 1. The van der Waals surface area contributed by atoms with E-state index in [1.807, 2.05) is 32.1 Å². The van der Waals surface area contributed by atoms with E-state index in [-0.39, 0.29) is 42.7 Å². The Bertz CT molecular complexity index is 1730. The highest BCUT2D eigenvalue weighted by Crippen LogP contribution is 2.47. The van der Waals surface area contributed by atoms with Crippen molar-refractivity contribution in [1.82, 2.24) is 0 Å². The van der Waals surface area contributed by atoms with E-state index in [1.165, 1.54) is 0 Å². The van der Waals surface area contributed by atoms with Crippen molar-refractivity contribution in [3.8, 4) is 0 Å². The van der Waals surface area contributed by atoms with E-state index in [1.54, 1.807) is 40.2 Å². The third-order valence-electron chi connectivity index (χ3n) is 14.5. The highest BCUT2D eigenvalue weighted by atomic mass is 16.7. The molecule has 1 aliphatic carbocycles. The number of hydrogen-bond donors (Lipinski definition) is 3. The van der Waals surface area contributed by atoms with Gasteiger partial charge < -0.3 is 62.7 Å². The standard InChI is InChI=1S/C48H72O14/c1-11-25(2)43-28(5)17-18-47(62-43)23-34-20-33(61-47)16-15-27(4)42(26(3)13-12-14-32-24-55-45-40(49)29(6)19-35(46(51)58-34)48(32,45)52)59-39-22-37(54-10)44(31(8)57-39)60-38-21-36(53-9)41(50)30(7)56-38/h12-15,17-19,25-26,28,30-31,33-45,49-50,52H,11,16,20-24H2,1-10H3/b13-12+,27-15+,32-14+/t25-,26-,28-,30-,31-,33+,34-,35-,36-,37-,38-,39-,40+,41-,42-,43+,44-,45?,47+,48+/m0/s1. The van der Waals surface area contributed by atoms with Gasteiger partial charge in [0.25, 0.3) is 0 Å². The summed E-state index contributed by atoms with van der Waals surface area (Å²) in [5.74, 6) is -2.56. The highest BCUT2D eigenvalue weighted by molar-refractivity contribution is 5.78. The molecule has 0 radical (unpaired) electrons. The van der Waals surface area contributed by atoms with Crippen molar-refractivity contribution < 1.29 is 67.5 Å². The summed E-state index contributed by atoms with van der Waals surface area (Å²) in [5.41, 5.74) is 0.134. The fraction of sp³-hybridized carbons (Fsp3) is 0.771. The van der Waals surface area contributed by atoms with Gasteiger partial charge in [-0.15, -0.1) is 0 Å². The lowest BCUT2D eigenvalue weighted by Crippen LogP contribution is -2.58. The molecule has 348 valence electrons. The maximum absolute atomic E-state index is 14.3.